The first-order chi connectivity index (χ1) is 12.2. The van der Waals surface area contributed by atoms with E-state index in [4.69, 9.17) is 0 Å². The lowest BCUT2D eigenvalue weighted by molar-refractivity contribution is -0.116. The van der Waals surface area contributed by atoms with E-state index in [1.165, 1.54) is 40.2 Å². The van der Waals surface area contributed by atoms with E-state index < -0.39 is 0 Å². The first kappa shape index (κ1) is 17.0. The van der Waals surface area contributed by atoms with Crippen molar-refractivity contribution in [3.05, 3.63) is 53.6 Å². The predicted octanol–water partition coefficient (Wildman–Crippen LogP) is 5.18. The highest BCUT2D eigenvalue weighted by molar-refractivity contribution is 8.00. The van der Waals surface area contributed by atoms with Crippen LogP contribution in [0.25, 0.3) is 0 Å². The van der Waals surface area contributed by atoms with Crippen molar-refractivity contribution in [2.75, 3.05) is 17.2 Å². The molecule has 4 heteroatoms. The largest absolute Gasteiger partial charge is 0.311 e. The van der Waals surface area contributed by atoms with Crippen molar-refractivity contribution < 1.29 is 4.79 Å². The van der Waals surface area contributed by atoms with Gasteiger partial charge in [-0.2, -0.15) is 0 Å². The molecular weight excluding hydrogens is 346 g/mol. The Morgan fingerprint density at radius 3 is 2.96 bits per heavy atom. The van der Waals surface area contributed by atoms with E-state index in [-0.39, 0.29) is 5.91 Å². The molecule has 0 saturated heterocycles. The maximum atomic E-state index is 12.9. The number of aryl methyl sites for hydroxylation is 2. The first-order valence-electron chi connectivity index (χ1n) is 9.01. The minimum Gasteiger partial charge on any atom is -0.311 e. The lowest BCUT2D eigenvalue weighted by Gasteiger charge is -2.22. The molecule has 0 spiro atoms. The number of carbonyl (C=O) groups is 1. The fourth-order valence-corrected chi connectivity index (χ4v) is 5.56. The number of carbonyl (C=O) groups excluding carboxylic acids is 1. The van der Waals surface area contributed by atoms with E-state index in [0.29, 0.717) is 11.0 Å². The summed E-state index contributed by atoms with van der Waals surface area (Å²) in [5, 5.41) is 0.545. The van der Waals surface area contributed by atoms with Crippen molar-refractivity contribution in [3.63, 3.8) is 0 Å². The average Bonchev–Trinajstić information content (AvgIpc) is 3.02. The summed E-state index contributed by atoms with van der Waals surface area (Å²) in [6.07, 6.45) is 4.70. The third kappa shape index (κ3) is 3.75. The number of rotatable bonds is 3. The molecule has 2 aromatic rings. The minimum atomic E-state index is 0.215. The van der Waals surface area contributed by atoms with Crippen LogP contribution in [-0.4, -0.2) is 23.5 Å². The third-order valence-electron chi connectivity index (χ3n) is 4.98. The molecule has 0 saturated carbocycles. The maximum absolute atomic E-state index is 12.9. The van der Waals surface area contributed by atoms with Gasteiger partial charge in [-0.1, -0.05) is 25.1 Å². The smallest absolute Gasteiger partial charge is 0.237 e. The lowest BCUT2D eigenvalue weighted by Crippen LogP contribution is -2.33. The summed E-state index contributed by atoms with van der Waals surface area (Å²) in [5.41, 5.74) is 4.04. The second-order valence-electron chi connectivity index (χ2n) is 6.80. The van der Waals surface area contributed by atoms with Crippen LogP contribution in [0.5, 0.6) is 0 Å². The molecule has 2 aromatic carbocycles. The second kappa shape index (κ2) is 7.46. The fraction of sp³-hybridized carbons (Fsp3) is 0.381. The summed E-state index contributed by atoms with van der Waals surface area (Å²) in [4.78, 5) is 17.4. The van der Waals surface area contributed by atoms with Crippen molar-refractivity contribution in [2.24, 2.45) is 0 Å². The zero-order valence-corrected chi connectivity index (χ0v) is 16.2. The van der Waals surface area contributed by atoms with E-state index in [1.54, 1.807) is 11.8 Å². The standard InChI is InChI=1S/C21H23NOS2/c1-15-11-12-22(19-7-2-3-8-20(19)25-15)21(23)14-24-18-10-9-16-5-4-6-17(16)13-18/h2-3,7-10,13,15H,4-6,11-12,14H2,1H3/t15-/m0/s1. The number of amides is 1. The Labute approximate surface area is 158 Å². The van der Waals surface area contributed by atoms with Gasteiger partial charge in [-0.15, -0.1) is 23.5 Å². The Morgan fingerprint density at radius 2 is 2.04 bits per heavy atom. The van der Waals surface area contributed by atoms with E-state index in [9.17, 15) is 4.79 Å². The van der Waals surface area contributed by atoms with Crippen molar-refractivity contribution in [2.45, 2.75) is 47.6 Å². The number of hydrogen-bond donors (Lipinski definition) is 0. The number of hydrogen-bond acceptors (Lipinski definition) is 3. The highest BCUT2D eigenvalue weighted by atomic mass is 32.2. The second-order valence-corrected chi connectivity index (χ2v) is 9.33. The topological polar surface area (TPSA) is 20.3 Å². The third-order valence-corrected chi connectivity index (χ3v) is 7.19. The molecule has 4 rings (SSSR count). The molecule has 2 aliphatic rings. The summed E-state index contributed by atoms with van der Waals surface area (Å²) in [6.45, 7) is 3.06. The number of anilines is 1. The predicted molar refractivity (Wildman–Crippen MR) is 108 cm³/mol. The molecule has 1 heterocycles. The van der Waals surface area contributed by atoms with Crippen molar-refractivity contribution in [3.8, 4) is 0 Å². The van der Waals surface area contributed by atoms with Gasteiger partial charge in [-0.05, 0) is 61.1 Å². The molecule has 0 unspecified atom stereocenters. The molecule has 1 aliphatic carbocycles. The van der Waals surface area contributed by atoms with Gasteiger partial charge in [0.2, 0.25) is 5.91 Å². The molecule has 1 atom stereocenters. The van der Waals surface area contributed by atoms with Crippen molar-refractivity contribution >= 4 is 35.1 Å². The van der Waals surface area contributed by atoms with Gasteiger partial charge in [-0.3, -0.25) is 4.79 Å². The van der Waals surface area contributed by atoms with Crippen LogP contribution in [0.15, 0.2) is 52.3 Å². The Balaban J connectivity index is 1.47. The summed E-state index contributed by atoms with van der Waals surface area (Å²) < 4.78 is 0. The summed E-state index contributed by atoms with van der Waals surface area (Å²) >= 11 is 3.55. The molecule has 0 N–H and O–H groups in total. The Bertz CT molecular complexity index is 789. The van der Waals surface area contributed by atoms with E-state index in [0.717, 1.165) is 18.7 Å². The molecule has 130 valence electrons. The van der Waals surface area contributed by atoms with Crippen LogP contribution in [0.3, 0.4) is 0 Å². The summed E-state index contributed by atoms with van der Waals surface area (Å²) in [7, 11) is 0. The van der Waals surface area contributed by atoms with Gasteiger partial charge in [0.25, 0.3) is 0 Å². The van der Waals surface area contributed by atoms with Crippen LogP contribution in [0.2, 0.25) is 0 Å². The van der Waals surface area contributed by atoms with Crippen LogP contribution >= 0.6 is 23.5 Å². The molecule has 1 amide bonds. The summed E-state index contributed by atoms with van der Waals surface area (Å²) in [5.74, 6) is 0.722. The Morgan fingerprint density at radius 1 is 1.20 bits per heavy atom. The van der Waals surface area contributed by atoms with Crippen LogP contribution in [0.4, 0.5) is 5.69 Å². The van der Waals surface area contributed by atoms with E-state index in [1.807, 2.05) is 22.7 Å². The molecule has 0 fully saturated rings. The van der Waals surface area contributed by atoms with Gasteiger partial charge in [-0.25, -0.2) is 0 Å². The van der Waals surface area contributed by atoms with Gasteiger partial charge in [0.05, 0.1) is 11.4 Å². The zero-order chi connectivity index (χ0) is 17.2. The number of para-hydroxylation sites is 1. The molecule has 0 bridgehead atoms. The summed E-state index contributed by atoms with van der Waals surface area (Å²) in [6, 6.07) is 15.0. The number of nitrogens with zero attached hydrogens (tertiary/aromatic N) is 1. The van der Waals surface area contributed by atoms with E-state index >= 15 is 0 Å². The highest BCUT2D eigenvalue weighted by Gasteiger charge is 2.24. The number of benzene rings is 2. The van der Waals surface area contributed by atoms with Crippen LogP contribution in [0.1, 0.15) is 30.9 Å². The van der Waals surface area contributed by atoms with Gasteiger partial charge in [0, 0.05) is 21.6 Å². The molecular formula is C21H23NOS2. The Hall–Kier alpha value is -1.39. The van der Waals surface area contributed by atoms with Gasteiger partial charge in [0.15, 0.2) is 0 Å². The average molecular weight is 370 g/mol. The van der Waals surface area contributed by atoms with Crippen LogP contribution < -0.4 is 4.90 Å². The van der Waals surface area contributed by atoms with E-state index in [2.05, 4.69) is 43.3 Å². The highest BCUT2D eigenvalue weighted by Crippen LogP contribution is 2.37. The zero-order valence-electron chi connectivity index (χ0n) is 14.5. The van der Waals surface area contributed by atoms with Crippen molar-refractivity contribution in [1.82, 2.24) is 0 Å². The number of fused-ring (bicyclic) bond motifs is 2. The maximum Gasteiger partial charge on any atom is 0.237 e. The van der Waals surface area contributed by atoms with Crippen molar-refractivity contribution in [1.29, 1.82) is 0 Å². The van der Waals surface area contributed by atoms with Gasteiger partial charge >= 0.3 is 0 Å². The minimum absolute atomic E-state index is 0.215. The molecule has 0 radical (unpaired) electrons. The Kier molecular flexibility index (Phi) is 5.09. The fourth-order valence-electron chi connectivity index (χ4n) is 3.61. The molecule has 1 aliphatic heterocycles. The monoisotopic (exact) mass is 369 g/mol. The first-order valence-corrected chi connectivity index (χ1v) is 10.9. The quantitative estimate of drug-likeness (QED) is 0.695. The normalized spacial score (nSPS) is 19.2. The van der Waals surface area contributed by atoms with Crippen LogP contribution in [-0.2, 0) is 17.6 Å². The van der Waals surface area contributed by atoms with Gasteiger partial charge in [0.1, 0.15) is 0 Å². The molecule has 2 nitrogen and oxygen atoms in total. The lowest BCUT2D eigenvalue weighted by atomic mass is 10.1. The SMILES string of the molecule is C[C@H]1CCN(C(=O)CSc2ccc3c(c2)CCC3)c2ccccc2S1. The van der Waals surface area contributed by atoms with Crippen LogP contribution in [0, 0.1) is 0 Å². The van der Waals surface area contributed by atoms with Gasteiger partial charge < -0.3 is 4.90 Å². The number of thioether (sulfide) groups is 2. The molecule has 0 aromatic heterocycles. The molecule has 25 heavy (non-hydrogen) atoms.